The van der Waals surface area contributed by atoms with E-state index in [1.165, 1.54) is 31.5 Å². The summed E-state index contributed by atoms with van der Waals surface area (Å²) in [5.41, 5.74) is 1.30. The molecular weight excluding hydrogens is 228 g/mol. The van der Waals surface area contributed by atoms with Crippen molar-refractivity contribution in [2.75, 3.05) is 13.1 Å². The van der Waals surface area contributed by atoms with E-state index in [9.17, 15) is 0 Å². The highest BCUT2D eigenvalue weighted by atomic mass is 79.9. The SMILES string of the molecule is Brc1cncc(CN2CCCC2)c1. The number of pyridine rings is 1. The van der Waals surface area contributed by atoms with Crippen LogP contribution >= 0.6 is 15.9 Å². The second kappa shape index (κ2) is 4.20. The molecule has 1 fully saturated rings. The summed E-state index contributed by atoms with van der Waals surface area (Å²) < 4.78 is 1.07. The second-order valence-electron chi connectivity index (χ2n) is 3.49. The van der Waals surface area contributed by atoms with Crippen molar-refractivity contribution in [3.05, 3.63) is 28.5 Å². The molecule has 70 valence electrons. The lowest BCUT2D eigenvalue weighted by Gasteiger charge is -2.13. The summed E-state index contributed by atoms with van der Waals surface area (Å²) in [4.78, 5) is 6.63. The summed E-state index contributed by atoms with van der Waals surface area (Å²) in [6.45, 7) is 3.53. The van der Waals surface area contributed by atoms with Gasteiger partial charge in [0.1, 0.15) is 0 Å². The first kappa shape index (κ1) is 9.16. The zero-order chi connectivity index (χ0) is 9.10. The molecule has 0 amide bonds. The number of rotatable bonds is 2. The highest BCUT2D eigenvalue weighted by Crippen LogP contribution is 2.14. The summed E-state index contributed by atoms with van der Waals surface area (Å²) in [5, 5.41) is 0. The first-order valence-electron chi connectivity index (χ1n) is 4.66. The molecule has 0 unspecified atom stereocenters. The summed E-state index contributed by atoms with van der Waals surface area (Å²) in [6.07, 6.45) is 6.47. The minimum absolute atomic E-state index is 1.05. The average molecular weight is 241 g/mol. The van der Waals surface area contributed by atoms with Crippen LogP contribution in [0.1, 0.15) is 18.4 Å². The Morgan fingerprint density at radius 3 is 2.77 bits per heavy atom. The van der Waals surface area contributed by atoms with E-state index in [-0.39, 0.29) is 0 Å². The maximum Gasteiger partial charge on any atom is 0.0410 e. The summed E-state index contributed by atoms with van der Waals surface area (Å²) in [6, 6.07) is 2.14. The lowest BCUT2D eigenvalue weighted by molar-refractivity contribution is 0.331. The maximum atomic E-state index is 4.15. The van der Waals surface area contributed by atoms with E-state index < -0.39 is 0 Å². The Morgan fingerprint density at radius 2 is 2.08 bits per heavy atom. The van der Waals surface area contributed by atoms with Gasteiger partial charge in [-0.15, -0.1) is 0 Å². The molecule has 0 radical (unpaired) electrons. The smallest absolute Gasteiger partial charge is 0.0410 e. The Labute approximate surface area is 87.1 Å². The van der Waals surface area contributed by atoms with Crippen molar-refractivity contribution in [1.82, 2.24) is 9.88 Å². The van der Waals surface area contributed by atoms with Crippen LogP contribution in [0.25, 0.3) is 0 Å². The quantitative estimate of drug-likeness (QED) is 0.790. The molecule has 1 saturated heterocycles. The van der Waals surface area contributed by atoms with Crippen molar-refractivity contribution < 1.29 is 0 Å². The summed E-state index contributed by atoms with van der Waals surface area (Å²) in [7, 11) is 0. The molecule has 2 heterocycles. The van der Waals surface area contributed by atoms with E-state index in [0.29, 0.717) is 0 Å². The van der Waals surface area contributed by atoms with Crippen LogP contribution in [0.2, 0.25) is 0 Å². The molecule has 1 aliphatic rings. The molecule has 0 aliphatic carbocycles. The third kappa shape index (κ3) is 2.51. The normalized spacial score (nSPS) is 17.9. The van der Waals surface area contributed by atoms with Crippen LogP contribution in [0.3, 0.4) is 0 Å². The summed E-state index contributed by atoms with van der Waals surface area (Å²) >= 11 is 3.43. The largest absolute Gasteiger partial charge is 0.299 e. The molecule has 0 atom stereocenters. The number of aromatic nitrogens is 1. The maximum absolute atomic E-state index is 4.15. The van der Waals surface area contributed by atoms with Gasteiger partial charge < -0.3 is 0 Å². The highest BCUT2D eigenvalue weighted by Gasteiger charge is 2.11. The van der Waals surface area contributed by atoms with Gasteiger partial charge in [0.25, 0.3) is 0 Å². The molecule has 0 aromatic carbocycles. The highest BCUT2D eigenvalue weighted by molar-refractivity contribution is 9.10. The van der Waals surface area contributed by atoms with E-state index in [2.05, 4.69) is 31.9 Å². The zero-order valence-corrected chi connectivity index (χ0v) is 9.13. The molecule has 1 aromatic heterocycles. The molecule has 2 nitrogen and oxygen atoms in total. The predicted molar refractivity (Wildman–Crippen MR) is 56.4 cm³/mol. The molecule has 13 heavy (non-hydrogen) atoms. The van der Waals surface area contributed by atoms with Crippen LogP contribution in [-0.4, -0.2) is 23.0 Å². The van der Waals surface area contributed by atoms with Crippen molar-refractivity contribution in [2.45, 2.75) is 19.4 Å². The van der Waals surface area contributed by atoms with Gasteiger partial charge in [0.05, 0.1) is 0 Å². The van der Waals surface area contributed by atoms with Crippen LogP contribution in [-0.2, 0) is 6.54 Å². The van der Waals surface area contributed by atoms with Gasteiger partial charge in [-0.25, -0.2) is 0 Å². The van der Waals surface area contributed by atoms with E-state index in [1.807, 2.05) is 12.4 Å². The predicted octanol–water partition coefficient (Wildman–Crippen LogP) is 2.44. The number of hydrogen-bond acceptors (Lipinski definition) is 2. The molecule has 2 rings (SSSR count). The Balaban J connectivity index is 2.00. The van der Waals surface area contributed by atoms with Crippen LogP contribution < -0.4 is 0 Å². The average Bonchev–Trinajstić information content (AvgIpc) is 2.57. The number of halogens is 1. The Morgan fingerprint density at radius 1 is 1.31 bits per heavy atom. The van der Waals surface area contributed by atoms with Gasteiger partial charge in [-0.3, -0.25) is 9.88 Å². The molecule has 1 aliphatic heterocycles. The van der Waals surface area contributed by atoms with E-state index >= 15 is 0 Å². The molecule has 3 heteroatoms. The Kier molecular flexibility index (Phi) is 2.96. The minimum Gasteiger partial charge on any atom is -0.299 e. The lowest BCUT2D eigenvalue weighted by Crippen LogP contribution is -2.18. The topological polar surface area (TPSA) is 16.1 Å². The fourth-order valence-corrected chi connectivity index (χ4v) is 2.15. The van der Waals surface area contributed by atoms with Crippen molar-refractivity contribution in [3.63, 3.8) is 0 Å². The Bertz CT molecular complexity index is 282. The second-order valence-corrected chi connectivity index (χ2v) is 4.41. The first-order chi connectivity index (χ1) is 6.34. The molecule has 0 spiro atoms. The van der Waals surface area contributed by atoms with Crippen LogP contribution in [0.4, 0.5) is 0 Å². The van der Waals surface area contributed by atoms with Crippen LogP contribution in [0.15, 0.2) is 22.9 Å². The van der Waals surface area contributed by atoms with Gasteiger partial charge >= 0.3 is 0 Å². The fourth-order valence-electron chi connectivity index (χ4n) is 1.74. The van der Waals surface area contributed by atoms with E-state index in [4.69, 9.17) is 0 Å². The number of likely N-dealkylation sites (tertiary alicyclic amines) is 1. The molecule has 1 aromatic rings. The van der Waals surface area contributed by atoms with E-state index in [0.717, 1.165) is 11.0 Å². The van der Waals surface area contributed by atoms with Gasteiger partial charge in [0, 0.05) is 23.4 Å². The third-order valence-electron chi connectivity index (χ3n) is 2.37. The number of hydrogen-bond donors (Lipinski definition) is 0. The molecular formula is C10H13BrN2. The van der Waals surface area contributed by atoms with Gasteiger partial charge in [-0.2, -0.15) is 0 Å². The zero-order valence-electron chi connectivity index (χ0n) is 7.54. The first-order valence-corrected chi connectivity index (χ1v) is 5.46. The van der Waals surface area contributed by atoms with Gasteiger partial charge in [-0.05, 0) is 53.5 Å². The lowest BCUT2D eigenvalue weighted by atomic mass is 10.3. The van der Waals surface area contributed by atoms with Crippen LogP contribution in [0.5, 0.6) is 0 Å². The fraction of sp³-hybridized carbons (Fsp3) is 0.500. The third-order valence-corrected chi connectivity index (χ3v) is 2.80. The van der Waals surface area contributed by atoms with Gasteiger partial charge in [0.15, 0.2) is 0 Å². The minimum atomic E-state index is 1.05. The Hall–Kier alpha value is -0.410. The van der Waals surface area contributed by atoms with Gasteiger partial charge in [-0.1, -0.05) is 0 Å². The van der Waals surface area contributed by atoms with Crippen LogP contribution in [0, 0.1) is 0 Å². The summed E-state index contributed by atoms with van der Waals surface area (Å²) in [5.74, 6) is 0. The van der Waals surface area contributed by atoms with Crippen molar-refractivity contribution in [1.29, 1.82) is 0 Å². The molecule has 0 saturated carbocycles. The number of nitrogens with zero attached hydrogens (tertiary/aromatic N) is 2. The standard InChI is InChI=1S/C10H13BrN2/c11-10-5-9(6-12-7-10)8-13-3-1-2-4-13/h5-7H,1-4,8H2. The van der Waals surface area contributed by atoms with Crippen molar-refractivity contribution in [3.8, 4) is 0 Å². The van der Waals surface area contributed by atoms with Crippen molar-refractivity contribution >= 4 is 15.9 Å². The van der Waals surface area contributed by atoms with E-state index in [1.54, 1.807) is 0 Å². The molecule has 0 bridgehead atoms. The monoisotopic (exact) mass is 240 g/mol. The molecule has 0 N–H and O–H groups in total. The van der Waals surface area contributed by atoms with Crippen molar-refractivity contribution in [2.24, 2.45) is 0 Å². The van der Waals surface area contributed by atoms with Gasteiger partial charge in [0.2, 0.25) is 0 Å².